The first-order valence-corrected chi connectivity index (χ1v) is 20.4. The number of benzene rings is 3. The van der Waals surface area contributed by atoms with E-state index in [0.717, 1.165) is 55.2 Å². The highest BCUT2D eigenvalue weighted by molar-refractivity contribution is 7.49. The molecule has 0 aliphatic carbocycles. The third kappa shape index (κ3) is 13.0. The maximum atomic E-state index is 14.8. The van der Waals surface area contributed by atoms with E-state index in [1.165, 1.54) is 93.7 Å². The largest absolute Gasteiger partial charge is 0.647 e. The van der Waals surface area contributed by atoms with Crippen molar-refractivity contribution in [1.82, 2.24) is 0 Å². The van der Waals surface area contributed by atoms with Crippen molar-refractivity contribution in [1.29, 1.82) is 0 Å². The SMILES string of the molecule is CCCCCCc1ccc(OP(=O)(Oc2ccc(CCCCCC)cc2CC)Oc2ccc(CCCCCC)cc2CC)c(CC)c1. The van der Waals surface area contributed by atoms with Crippen molar-refractivity contribution in [3.8, 4) is 17.2 Å². The Morgan fingerprint density at radius 2 is 0.723 bits per heavy atom. The molecule has 3 aromatic rings. The molecule has 0 spiro atoms. The molecule has 0 saturated heterocycles. The molecule has 0 radical (unpaired) electrons. The highest BCUT2D eigenvalue weighted by Crippen LogP contribution is 2.52. The predicted octanol–water partition coefficient (Wildman–Crippen LogP) is 13.4. The maximum absolute atomic E-state index is 14.8. The van der Waals surface area contributed by atoms with Crippen LogP contribution in [0.1, 0.15) is 152 Å². The van der Waals surface area contributed by atoms with Crippen LogP contribution in [0.25, 0.3) is 0 Å². The average molecular weight is 663 g/mol. The van der Waals surface area contributed by atoms with Crippen LogP contribution in [0.2, 0.25) is 0 Å². The van der Waals surface area contributed by atoms with Crippen LogP contribution in [0.15, 0.2) is 54.6 Å². The molecule has 0 heterocycles. The van der Waals surface area contributed by atoms with Gasteiger partial charge in [0, 0.05) is 0 Å². The Morgan fingerprint density at radius 1 is 0.426 bits per heavy atom. The molecule has 3 rings (SSSR count). The second-order valence-electron chi connectivity index (χ2n) is 13.0. The summed E-state index contributed by atoms with van der Waals surface area (Å²) in [4.78, 5) is 0. The molecule has 0 amide bonds. The van der Waals surface area contributed by atoms with Crippen molar-refractivity contribution >= 4 is 7.82 Å². The lowest BCUT2D eigenvalue weighted by molar-refractivity contribution is 0.295. The lowest BCUT2D eigenvalue weighted by Gasteiger charge is -2.23. The third-order valence-corrected chi connectivity index (χ3v) is 10.4. The van der Waals surface area contributed by atoms with Crippen molar-refractivity contribution in [2.75, 3.05) is 0 Å². The molecule has 0 saturated carbocycles. The Balaban J connectivity index is 1.93. The zero-order chi connectivity index (χ0) is 33.9. The van der Waals surface area contributed by atoms with Gasteiger partial charge in [0.2, 0.25) is 0 Å². The quantitative estimate of drug-likeness (QED) is 0.0707. The van der Waals surface area contributed by atoms with Crippen LogP contribution in [0, 0.1) is 0 Å². The molecule has 5 heteroatoms. The van der Waals surface area contributed by atoms with Crippen LogP contribution in [0.3, 0.4) is 0 Å². The summed E-state index contributed by atoms with van der Waals surface area (Å²) in [6.07, 6.45) is 20.1. The fourth-order valence-corrected chi connectivity index (χ4v) is 7.51. The lowest BCUT2D eigenvalue weighted by atomic mass is 10.0. The van der Waals surface area contributed by atoms with E-state index in [4.69, 9.17) is 13.6 Å². The van der Waals surface area contributed by atoms with Gasteiger partial charge in [0.1, 0.15) is 17.2 Å². The number of aryl methyl sites for hydroxylation is 6. The van der Waals surface area contributed by atoms with Crippen molar-refractivity contribution in [3.63, 3.8) is 0 Å². The van der Waals surface area contributed by atoms with Crippen LogP contribution in [0.4, 0.5) is 0 Å². The lowest BCUT2D eigenvalue weighted by Crippen LogP contribution is -2.11. The molecule has 0 atom stereocenters. The molecule has 47 heavy (non-hydrogen) atoms. The summed E-state index contributed by atoms with van der Waals surface area (Å²) in [5, 5.41) is 0. The van der Waals surface area contributed by atoms with E-state index in [1.54, 1.807) is 0 Å². The monoisotopic (exact) mass is 662 g/mol. The fourth-order valence-electron chi connectivity index (χ4n) is 6.15. The number of hydrogen-bond donors (Lipinski definition) is 0. The Labute approximate surface area is 287 Å². The Bertz CT molecular complexity index is 1220. The number of rotatable bonds is 24. The van der Waals surface area contributed by atoms with Gasteiger partial charge >= 0.3 is 7.82 Å². The Morgan fingerprint density at radius 3 is 0.979 bits per heavy atom. The smallest absolute Gasteiger partial charge is 0.386 e. The summed E-state index contributed by atoms with van der Waals surface area (Å²) in [6, 6.07) is 18.7. The zero-order valence-electron chi connectivity index (χ0n) is 30.5. The van der Waals surface area contributed by atoms with E-state index >= 15 is 0 Å². The van der Waals surface area contributed by atoms with Gasteiger partial charge < -0.3 is 13.6 Å². The predicted molar refractivity (Wildman–Crippen MR) is 200 cm³/mol. The molecule has 0 aliphatic rings. The number of phosphoric ester groups is 1. The maximum Gasteiger partial charge on any atom is 0.647 e. The minimum absolute atomic E-state index is 0.560. The summed E-state index contributed by atoms with van der Waals surface area (Å²) in [6.45, 7) is 13.0. The Hall–Kier alpha value is -2.71. The normalized spacial score (nSPS) is 11.5. The summed E-state index contributed by atoms with van der Waals surface area (Å²) in [5.74, 6) is 1.68. The van der Waals surface area contributed by atoms with E-state index in [9.17, 15) is 4.57 Å². The number of phosphoric acid groups is 1. The number of hydrogen-bond acceptors (Lipinski definition) is 4. The van der Waals surface area contributed by atoms with E-state index in [2.05, 4.69) is 77.9 Å². The van der Waals surface area contributed by atoms with Crippen LogP contribution in [-0.2, 0) is 43.1 Å². The number of unbranched alkanes of at least 4 members (excludes halogenated alkanes) is 9. The molecule has 0 bridgehead atoms. The third-order valence-electron chi connectivity index (χ3n) is 9.10. The summed E-state index contributed by atoms with van der Waals surface area (Å²) in [7, 11) is -4.14. The van der Waals surface area contributed by atoms with Gasteiger partial charge in [0.05, 0.1) is 0 Å². The van der Waals surface area contributed by atoms with Crippen LogP contribution in [-0.4, -0.2) is 0 Å². The van der Waals surface area contributed by atoms with Crippen molar-refractivity contribution in [2.24, 2.45) is 0 Å². The second kappa shape index (κ2) is 21.3. The molecule has 260 valence electrons. The van der Waals surface area contributed by atoms with Gasteiger partial charge in [-0.2, -0.15) is 4.57 Å². The average Bonchev–Trinajstić information content (AvgIpc) is 3.08. The van der Waals surface area contributed by atoms with Crippen molar-refractivity contribution in [3.05, 3.63) is 88.0 Å². The van der Waals surface area contributed by atoms with Gasteiger partial charge in [-0.05, 0) is 109 Å². The van der Waals surface area contributed by atoms with Crippen LogP contribution < -0.4 is 13.6 Å². The van der Waals surface area contributed by atoms with E-state index in [1.807, 2.05) is 18.2 Å². The molecule has 4 nitrogen and oxygen atoms in total. The fraction of sp³-hybridized carbons (Fsp3) is 0.571. The summed E-state index contributed by atoms with van der Waals surface area (Å²) < 4.78 is 34.0. The zero-order valence-corrected chi connectivity index (χ0v) is 31.4. The molecular weight excluding hydrogens is 599 g/mol. The standard InChI is InChI=1S/C42H63O4P/c1-7-13-16-19-22-34-25-28-40(37(10-4)31-34)44-47(43,45-41-29-26-35(32-38(41)11-5)23-20-17-14-8-2)46-42-30-27-36(33-39(42)12-6)24-21-18-15-9-3/h25-33H,7-24H2,1-6H3. The minimum atomic E-state index is -4.14. The van der Waals surface area contributed by atoms with Crippen molar-refractivity contribution in [2.45, 2.75) is 157 Å². The first-order chi connectivity index (χ1) is 22.9. The van der Waals surface area contributed by atoms with Gasteiger partial charge in [0.25, 0.3) is 0 Å². The summed E-state index contributed by atoms with van der Waals surface area (Å²) >= 11 is 0. The topological polar surface area (TPSA) is 44.8 Å². The molecule has 0 N–H and O–H groups in total. The van der Waals surface area contributed by atoms with Gasteiger partial charge in [-0.1, -0.05) is 136 Å². The molecule has 0 aliphatic heterocycles. The molecule has 0 aromatic heterocycles. The van der Waals surface area contributed by atoms with Crippen LogP contribution >= 0.6 is 7.82 Å². The molecular formula is C42H63O4P. The van der Waals surface area contributed by atoms with Gasteiger partial charge in [-0.15, -0.1) is 0 Å². The van der Waals surface area contributed by atoms with E-state index < -0.39 is 7.82 Å². The van der Waals surface area contributed by atoms with Gasteiger partial charge in [-0.25, -0.2) is 0 Å². The second-order valence-corrected chi connectivity index (χ2v) is 14.5. The molecule has 3 aromatic carbocycles. The van der Waals surface area contributed by atoms with E-state index in [-0.39, 0.29) is 0 Å². The van der Waals surface area contributed by atoms with Crippen molar-refractivity contribution < 1.29 is 18.1 Å². The molecule has 0 unspecified atom stereocenters. The highest BCUT2D eigenvalue weighted by atomic mass is 31.2. The first kappa shape index (κ1) is 38.7. The van der Waals surface area contributed by atoms with Crippen LogP contribution in [0.5, 0.6) is 17.2 Å². The van der Waals surface area contributed by atoms with Gasteiger partial charge in [0.15, 0.2) is 0 Å². The first-order valence-electron chi connectivity index (χ1n) is 18.9. The minimum Gasteiger partial charge on any atom is -0.386 e. The van der Waals surface area contributed by atoms with E-state index in [0.29, 0.717) is 17.2 Å². The van der Waals surface area contributed by atoms with Gasteiger partial charge in [-0.3, -0.25) is 0 Å². The Kier molecular flexibility index (Phi) is 17.6. The highest BCUT2D eigenvalue weighted by Gasteiger charge is 2.35. The molecule has 0 fully saturated rings. The summed E-state index contributed by atoms with van der Waals surface area (Å²) in [5.41, 5.74) is 6.90.